The van der Waals surface area contributed by atoms with E-state index in [9.17, 15) is 9.59 Å². The number of carbonyl (C=O) groups excluding carboxylic acids is 2. The van der Waals surface area contributed by atoms with E-state index in [-0.39, 0.29) is 18.4 Å². The number of nitrogens with zero attached hydrogens (tertiary/aromatic N) is 1. The number of hydrogen-bond acceptors (Lipinski definition) is 4. The Morgan fingerprint density at radius 1 is 1.18 bits per heavy atom. The van der Waals surface area contributed by atoms with E-state index in [0.29, 0.717) is 21.5 Å². The van der Waals surface area contributed by atoms with Gasteiger partial charge in [0, 0.05) is 18.7 Å². The Morgan fingerprint density at radius 2 is 1.73 bits per heavy atom. The van der Waals surface area contributed by atoms with Crippen LogP contribution in [0.3, 0.4) is 0 Å². The minimum absolute atomic E-state index is 0.000468. The molecule has 1 fully saturated rings. The highest BCUT2D eigenvalue weighted by Crippen LogP contribution is 2.35. The second-order valence-corrected chi connectivity index (χ2v) is 5.76. The Hall–Kier alpha value is -1.76. The van der Waals surface area contributed by atoms with E-state index < -0.39 is 0 Å². The van der Waals surface area contributed by atoms with Crippen LogP contribution in [0.5, 0.6) is 11.5 Å². The summed E-state index contributed by atoms with van der Waals surface area (Å²) in [5, 5.41) is 2.64. The average molecular weight is 371 g/mol. The van der Waals surface area contributed by atoms with Gasteiger partial charge in [-0.15, -0.1) is 0 Å². The lowest BCUT2D eigenvalue weighted by Gasteiger charge is -2.16. The maximum absolute atomic E-state index is 12.2. The van der Waals surface area contributed by atoms with E-state index in [4.69, 9.17) is 9.47 Å². The molecule has 0 unspecified atom stereocenters. The maximum atomic E-state index is 12.2. The lowest BCUT2D eigenvalue weighted by molar-refractivity contribution is -0.129. The first-order valence-electron chi connectivity index (χ1n) is 7.04. The Kier molecular flexibility index (Phi) is 5.65. The summed E-state index contributed by atoms with van der Waals surface area (Å²) in [6.07, 6.45) is 2.06. The van der Waals surface area contributed by atoms with Gasteiger partial charge in [0.25, 0.3) is 5.91 Å². The molecule has 22 heavy (non-hydrogen) atoms. The second kappa shape index (κ2) is 7.49. The van der Waals surface area contributed by atoms with E-state index in [1.807, 2.05) is 0 Å². The molecule has 2 rings (SSSR count). The zero-order valence-corrected chi connectivity index (χ0v) is 14.2. The van der Waals surface area contributed by atoms with Crippen LogP contribution < -0.4 is 14.8 Å². The number of halogens is 1. The molecule has 2 amide bonds. The van der Waals surface area contributed by atoms with Crippen LogP contribution in [0.1, 0.15) is 23.2 Å². The van der Waals surface area contributed by atoms with Crippen LogP contribution in [-0.4, -0.2) is 50.6 Å². The van der Waals surface area contributed by atoms with E-state index in [1.54, 1.807) is 17.0 Å². The van der Waals surface area contributed by atoms with Gasteiger partial charge < -0.3 is 19.7 Å². The Bertz CT molecular complexity index is 546. The average Bonchev–Trinajstić information content (AvgIpc) is 3.07. The highest BCUT2D eigenvalue weighted by molar-refractivity contribution is 9.10. The molecule has 0 atom stereocenters. The molecule has 0 aromatic heterocycles. The van der Waals surface area contributed by atoms with Crippen LogP contribution >= 0.6 is 15.9 Å². The monoisotopic (exact) mass is 370 g/mol. The van der Waals surface area contributed by atoms with Gasteiger partial charge in [-0.05, 0) is 40.9 Å². The molecule has 7 heteroatoms. The predicted octanol–water partition coefficient (Wildman–Crippen LogP) is 1.82. The number of benzene rings is 1. The van der Waals surface area contributed by atoms with Crippen molar-refractivity contribution in [1.82, 2.24) is 10.2 Å². The third-order valence-corrected chi connectivity index (χ3v) is 4.35. The third kappa shape index (κ3) is 3.71. The fourth-order valence-electron chi connectivity index (χ4n) is 2.34. The molecule has 1 aromatic rings. The van der Waals surface area contributed by atoms with Crippen molar-refractivity contribution in [1.29, 1.82) is 0 Å². The molecule has 1 saturated heterocycles. The summed E-state index contributed by atoms with van der Waals surface area (Å²) in [5.41, 5.74) is 0.381. The molecule has 1 N–H and O–H groups in total. The van der Waals surface area contributed by atoms with E-state index in [2.05, 4.69) is 21.2 Å². The third-order valence-electron chi connectivity index (χ3n) is 3.57. The molecule has 0 saturated carbocycles. The smallest absolute Gasteiger partial charge is 0.251 e. The van der Waals surface area contributed by atoms with Gasteiger partial charge in [0.1, 0.15) is 16.0 Å². The molecule has 1 heterocycles. The Labute approximate surface area is 137 Å². The molecule has 1 aromatic carbocycles. The van der Waals surface area contributed by atoms with Crippen LogP contribution in [0, 0.1) is 0 Å². The molecule has 0 bridgehead atoms. The first-order chi connectivity index (χ1) is 10.6. The zero-order chi connectivity index (χ0) is 16.1. The van der Waals surface area contributed by atoms with E-state index in [1.165, 1.54) is 14.2 Å². The fourth-order valence-corrected chi connectivity index (χ4v) is 2.89. The molecule has 120 valence electrons. The normalized spacial score (nSPS) is 13.9. The van der Waals surface area contributed by atoms with Gasteiger partial charge in [-0.1, -0.05) is 0 Å². The number of carbonyl (C=O) groups is 2. The van der Waals surface area contributed by atoms with E-state index in [0.717, 1.165) is 25.9 Å². The zero-order valence-electron chi connectivity index (χ0n) is 12.6. The first kappa shape index (κ1) is 16.6. The molecule has 1 aliphatic rings. The second-order valence-electron chi connectivity index (χ2n) is 4.97. The van der Waals surface area contributed by atoms with E-state index >= 15 is 0 Å². The fraction of sp³-hybridized carbons (Fsp3) is 0.467. The Morgan fingerprint density at radius 3 is 2.23 bits per heavy atom. The molecule has 0 aliphatic carbocycles. The number of nitrogens with one attached hydrogen (secondary N) is 1. The molecule has 1 aliphatic heterocycles. The van der Waals surface area contributed by atoms with Crippen LogP contribution in [0.4, 0.5) is 0 Å². The van der Waals surface area contributed by atoms with Gasteiger partial charge in [0.2, 0.25) is 5.91 Å². The van der Waals surface area contributed by atoms with Crippen molar-refractivity contribution in [3.8, 4) is 11.5 Å². The minimum atomic E-state index is -0.336. The summed E-state index contributed by atoms with van der Waals surface area (Å²) < 4.78 is 11.0. The number of hydrogen-bond donors (Lipinski definition) is 1. The highest BCUT2D eigenvalue weighted by atomic mass is 79.9. The first-order valence-corrected chi connectivity index (χ1v) is 7.83. The quantitative estimate of drug-likeness (QED) is 0.858. The van der Waals surface area contributed by atoms with Crippen molar-refractivity contribution in [3.63, 3.8) is 0 Å². The molecular formula is C15H19BrN2O4. The largest absolute Gasteiger partial charge is 0.495 e. The van der Waals surface area contributed by atoms with Crippen molar-refractivity contribution < 1.29 is 19.1 Å². The van der Waals surface area contributed by atoms with Crippen LogP contribution in [0.25, 0.3) is 0 Å². The van der Waals surface area contributed by atoms with Gasteiger partial charge in [-0.25, -0.2) is 0 Å². The summed E-state index contributed by atoms with van der Waals surface area (Å²) in [6, 6.07) is 3.20. The molecule has 0 radical (unpaired) electrons. The lowest BCUT2D eigenvalue weighted by Crippen LogP contribution is -2.38. The summed E-state index contributed by atoms with van der Waals surface area (Å²) in [5.74, 6) is 0.601. The lowest BCUT2D eigenvalue weighted by atomic mass is 10.2. The van der Waals surface area contributed by atoms with Gasteiger partial charge in [-0.2, -0.15) is 0 Å². The van der Waals surface area contributed by atoms with Crippen LogP contribution in [0.2, 0.25) is 0 Å². The number of methoxy groups -OCH3 is 2. The topological polar surface area (TPSA) is 67.9 Å². The van der Waals surface area contributed by atoms with Crippen molar-refractivity contribution in [2.45, 2.75) is 12.8 Å². The molecule has 0 spiro atoms. The SMILES string of the molecule is COc1cc(C(=O)NCC(=O)N2CCCC2)cc(OC)c1Br. The van der Waals surface area contributed by atoms with Gasteiger partial charge in [0.05, 0.1) is 20.8 Å². The number of likely N-dealkylation sites (tertiary alicyclic amines) is 1. The predicted molar refractivity (Wildman–Crippen MR) is 85.4 cm³/mol. The number of ether oxygens (including phenoxy) is 2. The van der Waals surface area contributed by atoms with Gasteiger partial charge in [0.15, 0.2) is 0 Å². The standard InChI is InChI=1S/C15H19BrN2O4/c1-21-11-7-10(8-12(22-2)14(11)16)15(20)17-9-13(19)18-5-3-4-6-18/h7-8H,3-6,9H2,1-2H3,(H,17,20). The molecule has 6 nitrogen and oxygen atoms in total. The van der Waals surface area contributed by atoms with Crippen molar-refractivity contribution in [2.75, 3.05) is 33.9 Å². The van der Waals surface area contributed by atoms with Gasteiger partial charge in [-0.3, -0.25) is 9.59 Å². The minimum Gasteiger partial charge on any atom is -0.495 e. The summed E-state index contributed by atoms with van der Waals surface area (Å²) >= 11 is 3.35. The number of rotatable bonds is 5. The highest BCUT2D eigenvalue weighted by Gasteiger charge is 2.19. The van der Waals surface area contributed by atoms with Crippen LogP contribution in [0.15, 0.2) is 16.6 Å². The Balaban J connectivity index is 2.04. The van der Waals surface area contributed by atoms with Crippen molar-refractivity contribution in [2.24, 2.45) is 0 Å². The van der Waals surface area contributed by atoms with Crippen molar-refractivity contribution >= 4 is 27.7 Å². The maximum Gasteiger partial charge on any atom is 0.251 e. The van der Waals surface area contributed by atoms with Crippen molar-refractivity contribution in [3.05, 3.63) is 22.2 Å². The summed E-state index contributed by atoms with van der Waals surface area (Å²) in [7, 11) is 3.02. The summed E-state index contributed by atoms with van der Waals surface area (Å²) in [6.45, 7) is 1.54. The molecular weight excluding hydrogens is 352 g/mol. The van der Waals surface area contributed by atoms with Gasteiger partial charge >= 0.3 is 0 Å². The summed E-state index contributed by atoms with van der Waals surface area (Å²) in [4.78, 5) is 25.9. The number of amides is 2. The van der Waals surface area contributed by atoms with Crippen LogP contribution in [-0.2, 0) is 4.79 Å².